The molecule has 0 aromatic heterocycles. The first-order chi connectivity index (χ1) is 14.2. The first-order valence-corrected chi connectivity index (χ1v) is 11.0. The fourth-order valence-electron chi connectivity index (χ4n) is 3.27. The number of hydrogen-bond acceptors (Lipinski definition) is 4. The average molecular weight is 399 g/mol. The molecule has 0 aliphatic carbocycles. The molecule has 0 fully saturated rings. The lowest BCUT2D eigenvalue weighted by molar-refractivity contribution is -0.143. The van der Waals surface area contributed by atoms with Crippen LogP contribution in [0.2, 0.25) is 0 Å². The van der Waals surface area contributed by atoms with Crippen LogP contribution >= 0.6 is 0 Å². The van der Waals surface area contributed by atoms with Crippen molar-refractivity contribution in [3.05, 3.63) is 42.5 Å². The molecule has 0 amide bonds. The van der Waals surface area contributed by atoms with Gasteiger partial charge in [0.1, 0.15) is 5.75 Å². The summed E-state index contributed by atoms with van der Waals surface area (Å²) in [4.78, 5) is 23.7. The van der Waals surface area contributed by atoms with Crippen molar-refractivity contribution in [1.29, 1.82) is 0 Å². The first-order valence-electron chi connectivity index (χ1n) is 11.0. The highest BCUT2D eigenvalue weighted by Crippen LogP contribution is 2.21. The maximum atomic E-state index is 12.0. The van der Waals surface area contributed by atoms with E-state index in [-0.39, 0.29) is 11.9 Å². The third-order valence-corrected chi connectivity index (χ3v) is 4.98. The second-order valence-electron chi connectivity index (χ2n) is 7.53. The van der Waals surface area contributed by atoms with Crippen LogP contribution in [-0.4, -0.2) is 18.5 Å². The highest BCUT2D eigenvalue weighted by molar-refractivity contribution is 5.84. The highest BCUT2D eigenvalue weighted by Gasteiger charge is 2.07. The van der Waals surface area contributed by atoms with E-state index in [1.807, 2.05) is 42.5 Å². The summed E-state index contributed by atoms with van der Waals surface area (Å²) >= 11 is 0. The minimum absolute atomic E-state index is 0.128. The van der Waals surface area contributed by atoms with Crippen LogP contribution in [0, 0.1) is 0 Å². The predicted molar refractivity (Wildman–Crippen MR) is 117 cm³/mol. The van der Waals surface area contributed by atoms with Crippen molar-refractivity contribution < 1.29 is 19.1 Å². The average Bonchev–Trinajstić information content (AvgIpc) is 2.72. The number of benzene rings is 2. The molecule has 0 aliphatic rings. The molecule has 4 nitrogen and oxygen atoms in total. The number of fused-ring (bicyclic) bond motifs is 1. The van der Waals surface area contributed by atoms with Gasteiger partial charge in [0, 0.05) is 12.8 Å². The third-order valence-electron chi connectivity index (χ3n) is 4.98. The Morgan fingerprint density at radius 3 is 2.17 bits per heavy atom. The molecule has 0 radical (unpaired) electrons. The number of unbranched alkanes of at least 4 members (excludes halogenated alkanes) is 7. The molecule has 0 spiro atoms. The molecule has 2 rings (SSSR count). The van der Waals surface area contributed by atoms with Crippen molar-refractivity contribution in [2.75, 3.05) is 6.61 Å². The minimum Gasteiger partial charge on any atom is -0.466 e. The van der Waals surface area contributed by atoms with Gasteiger partial charge in [0.2, 0.25) is 0 Å². The van der Waals surface area contributed by atoms with Crippen LogP contribution in [-0.2, 0) is 14.3 Å². The van der Waals surface area contributed by atoms with Gasteiger partial charge in [-0.05, 0) is 42.2 Å². The van der Waals surface area contributed by atoms with E-state index in [0.29, 0.717) is 25.2 Å². The molecule has 29 heavy (non-hydrogen) atoms. The van der Waals surface area contributed by atoms with Crippen molar-refractivity contribution >= 4 is 22.7 Å². The number of carbonyl (C=O) groups is 2. The molecule has 0 atom stereocenters. The van der Waals surface area contributed by atoms with Crippen molar-refractivity contribution in [1.82, 2.24) is 0 Å². The van der Waals surface area contributed by atoms with Crippen LogP contribution in [0.4, 0.5) is 0 Å². The molecule has 0 bridgehead atoms. The predicted octanol–water partition coefficient (Wildman–Crippen LogP) is 6.60. The lowest BCUT2D eigenvalue weighted by Crippen LogP contribution is -2.08. The number of carbonyl (C=O) groups excluding carboxylic acids is 2. The zero-order valence-corrected chi connectivity index (χ0v) is 17.7. The Kier molecular flexibility index (Phi) is 10.9. The summed E-state index contributed by atoms with van der Waals surface area (Å²) in [6.45, 7) is 2.73. The fourth-order valence-corrected chi connectivity index (χ4v) is 3.27. The molecule has 0 saturated carbocycles. The maximum Gasteiger partial charge on any atom is 0.311 e. The zero-order chi connectivity index (χ0) is 20.7. The van der Waals surface area contributed by atoms with Crippen LogP contribution in [0.3, 0.4) is 0 Å². The fraction of sp³-hybridized carbons (Fsp3) is 0.520. The van der Waals surface area contributed by atoms with Crippen LogP contribution in [0.15, 0.2) is 42.5 Å². The van der Waals surface area contributed by atoms with Gasteiger partial charge in [-0.15, -0.1) is 0 Å². The topological polar surface area (TPSA) is 52.6 Å². The normalized spacial score (nSPS) is 10.8. The van der Waals surface area contributed by atoms with Gasteiger partial charge >= 0.3 is 11.9 Å². The third kappa shape index (κ3) is 9.60. The maximum absolute atomic E-state index is 12.0. The Hall–Kier alpha value is -2.36. The van der Waals surface area contributed by atoms with Gasteiger partial charge in [-0.25, -0.2) is 0 Å². The summed E-state index contributed by atoms with van der Waals surface area (Å²) in [5, 5.41) is 2.17. The Bertz CT molecular complexity index is 753. The molecular formula is C25H34O4. The smallest absolute Gasteiger partial charge is 0.311 e. The van der Waals surface area contributed by atoms with Crippen molar-refractivity contribution in [3.8, 4) is 5.75 Å². The van der Waals surface area contributed by atoms with E-state index in [9.17, 15) is 9.59 Å². The summed E-state index contributed by atoms with van der Waals surface area (Å²) in [7, 11) is 0. The number of esters is 2. The van der Waals surface area contributed by atoms with Crippen LogP contribution in [0.25, 0.3) is 10.8 Å². The standard InChI is InChI=1S/C25H34O4/c1-2-3-4-5-6-12-19-28-24(26)15-8-7-9-16-25(27)29-23-18-17-21-13-10-11-14-22(21)20-23/h10-11,13-14,17-18,20H,2-9,12,15-16,19H2,1H3. The molecule has 4 heteroatoms. The summed E-state index contributed by atoms with van der Waals surface area (Å²) in [5.41, 5.74) is 0. The van der Waals surface area contributed by atoms with Crippen LogP contribution < -0.4 is 4.74 Å². The number of hydrogen-bond donors (Lipinski definition) is 0. The van der Waals surface area contributed by atoms with Gasteiger partial charge in [-0.3, -0.25) is 9.59 Å². The molecule has 0 aliphatic heterocycles. The molecule has 0 unspecified atom stereocenters. The summed E-state index contributed by atoms with van der Waals surface area (Å²) in [5.74, 6) is 0.218. The Labute approximate surface area is 174 Å². The Morgan fingerprint density at radius 2 is 1.38 bits per heavy atom. The number of ether oxygens (including phenoxy) is 2. The van der Waals surface area contributed by atoms with E-state index < -0.39 is 0 Å². The Balaban J connectivity index is 1.50. The largest absolute Gasteiger partial charge is 0.466 e. The minimum atomic E-state index is -0.231. The van der Waals surface area contributed by atoms with E-state index in [1.165, 1.54) is 25.7 Å². The summed E-state index contributed by atoms with van der Waals surface area (Å²) in [6.07, 6.45) is 10.2. The van der Waals surface area contributed by atoms with E-state index in [4.69, 9.17) is 9.47 Å². The van der Waals surface area contributed by atoms with Gasteiger partial charge in [0.25, 0.3) is 0 Å². The van der Waals surface area contributed by atoms with E-state index in [1.54, 1.807) is 0 Å². The van der Waals surface area contributed by atoms with E-state index in [0.717, 1.165) is 42.9 Å². The van der Waals surface area contributed by atoms with E-state index >= 15 is 0 Å². The van der Waals surface area contributed by atoms with Crippen LogP contribution in [0.1, 0.15) is 77.6 Å². The quantitative estimate of drug-likeness (QED) is 0.204. The van der Waals surface area contributed by atoms with Gasteiger partial charge in [0.15, 0.2) is 0 Å². The summed E-state index contributed by atoms with van der Waals surface area (Å²) < 4.78 is 10.7. The second-order valence-corrected chi connectivity index (χ2v) is 7.53. The lowest BCUT2D eigenvalue weighted by atomic mass is 10.1. The van der Waals surface area contributed by atoms with Gasteiger partial charge in [0.05, 0.1) is 6.61 Å². The summed E-state index contributed by atoms with van der Waals surface area (Å²) in [6, 6.07) is 13.6. The van der Waals surface area contributed by atoms with Crippen molar-refractivity contribution in [3.63, 3.8) is 0 Å². The zero-order valence-electron chi connectivity index (χ0n) is 17.7. The van der Waals surface area contributed by atoms with Gasteiger partial charge in [-0.2, -0.15) is 0 Å². The lowest BCUT2D eigenvalue weighted by Gasteiger charge is -2.06. The number of rotatable bonds is 14. The van der Waals surface area contributed by atoms with Crippen molar-refractivity contribution in [2.24, 2.45) is 0 Å². The second kappa shape index (κ2) is 13.8. The molecule has 158 valence electrons. The SMILES string of the molecule is CCCCCCCCOC(=O)CCCCCC(=O)Oc1ccc2ccccc2c1. The van der Waals surface area contributed by atoms with Gasteiger partial charge < -0.3 is 9.47 Å². The molecule has 0 heterocycles. The molecule has 2 aromatic carbocycles. The Morgan fingerprint density at radius 1 is 0.724 bits per heavy atom. The van der Waals surface area contributed by atoms with Crippen molar-refractivity contribution in [2.45, 2.75) is 77.6 Å². The molecule has 0 saturated heterocycles. The van der Waals surface area contributed by atoms with E-state index in [2.05, 4.69) is 6.92 Å². The highest BCUT2D eigenvalue weighted by atomic mass is 16.5. The van der Waals surface area contributed by atoms with Gasteiger partial charge in [-0.1, -0.05) is 75.8 Å². The first kappa shape index (κ1) is 22.9. The monoisotopic (exact) mass is 398 g/mol. The van der Waals surface area contributed by atoms with Crippen LogP contribution in [0.5, 0.6) is 5.75 Å². The molecule has 2 aromatic rings. The molecule has 0 N–H and O–H groups in total. The molecular weight excluding hydrogens is 364 g/mol.